The number of nitrogens with zero attached hydrogens (tertiary/aromatic N) is 3. The standard InChI is InChI=1S/C34H26Cl2N6O2/c35-25-10-13-27(28(36)19-25)30(20-42-18-17-38-21-42)41-34(43)24-6-4-22(5-7-24)31-14-15-32(44-31)23-8-11-26(12-9-23)40-33(37)29-3-1-2-16-39-29/h1-19,21,30H,20H2,(H2,37,40)(H,41,43)/t30-/m0/s1. The largest absolute Gasteiger partial charge is 0.456 e. The van der Waals surface area contributed by atoms with Crippen LogP contribution in [0.1, 0.15) is 27.7 Å². The first-order valence-corrected chi connectivity index (χ1v) is 14.5. The zero-order chi connectivity index (χ0) is 30.5. The molecule has 0 fully saturated rings. The van der Waals surface area contributed by atoms with Crippen LogP contribution in [0.2, 0.25) is 10.0 Å². The second-order valence-electron chi connectivity index (χ2n) is 9.98. The predicted molar refractivity (Wildman–Crippen MR) is 173 cm³/mol. The fraction of sp³-hybridized carbons (Fsp3) is 0.0588. The molecule has 0 saturated heterocycles. The minimum atomic E-state index is -0.407. The Hall–Kier alpha value is -5.18. The van der Waals surface area contributed by atoms with Crippen molar-refractivity contribution < 1.29 is 9.21 Å². The zero-order valence-electron chi connectivity index (χ0n) is 23.2. The van der Waals surface area contributed by atoms with Crippen molar-refractivity contribution in [2.45, 2.75) is 12.6 Å². The highest BCUT2D eigenvalue weighted by atomic mass is 35.5. The molecule has 44 heavy (non-hydrogen) atoms. The Morgan fingerprint density at radius 1 is 0.886 bits per heavy atom. The number of amidine groups is 1. The minimum Gasteiger partial charge on any atom is -0.456 e. The van der Waals surface area contributed by atoms with Crippen molar-refractivity contribution in [3.05, 3.63) is 149 Å². The van der Waals surface area contributed by atoms with Gasteiger partial charge in [-0.2, -0.15) is 0 Å². The second-order valence-corrected chi connectivity index (χ2v) is 10.8. The second kappa shape index (κ2) is 13.0. The van der Waals surface area contributed by atoms with E-state index < -0.39 is 6.04 Å². The van der Waals surface area contributed by atoms with E-state index in [-0.39, 0.29) is 11.7 Å². The highest BCUT2D eigenvalue weighted by Gasteiger charge is 2.20. The molecule has 0 saturated carbocycles. The number of halogens is 2. The molecule has 1 amide bonds. The molecule has 0 radical (unpaired) electrons. The van der Waals surface area contributed by atoms with E-state index in [1.165, 1.54) is 0 Å². The SMILES string of the molecule is N=C(Nc1ccc(-c2ccc(-c3ccc(C(=O)N[C@@H](Cn4ccnc4)c4ccc(Cl)cc4Cl)cc3)o2)cc1)c1ccccn1. The van der Waals surface area contributed by atoms with Crippen LogP contribution in [0.5, 0.6) is 0 Å². The van der Waals surface area contributed by atoms with Crippen LogP contribution in [-0.2, 0) is 6.54 Å². The fourth-order valence-corrected chi connectivity index (χ4v) is 5.26. The Balaban J connectivity index is 1.13. The van der Waals surface area contributed by atoms with Crippen molar-refractivity contribution in [1.82, 2.24) is 19.9 Å². The Morgan fingerprint density at radius 3 is 2.25 bits per heavy atom. The first-order valence-electron chi connectivity index (χ1n) is 13.7. The highest BCUT2D eigenvalue weighted by Crippen LogP contribution is 2.30. The van der Waals surface area contributed by atoms with E-state index in [0.717, 1.165) is 22.4 Å². The van der Waals surface area contributed by atoms with Crippen LogP contribution in [-0.4, -0.2) is 26.3 Å². The maximum absolute atomic E-state index is 13.3. The lowest BCUT2D eigenvalue weighted by molar-refractivity contribution is 0.0932. The first-order chi connectivity index (χ1) is 21.4. The average Bonchev–Trinajstić information content (AvgIpc) is 3.75. The molecule has 8 nitrogen and oxygen atoms in total. The van der Waals surface area contributed by atoms with E-state index >= 15 is 0 Å². The normalized spacial score (nSPS) is 11.6. The van der Waals surface area contributed by atoms with Gasteiger partial charge in [0.25, 0.3) is 5.91 Å². The average molecular weight is 622 g/mol. The molecule has 3 aromatic carbocycles. The fourth-order valence-electron chi connectivity index (χ4n) is 4.72. The summed E-state index contributed by atoms with van der Waals surface area (Å²) in [5, 5.41) is 15.4. The molecule has 0 aliphatic rings. The Kier molecular flexibility index (Phi) is 8.54. The van der Waals surface area contributed by atoms with Crippen molar-refractivity contribution in [2.24, 2.45) is 0 Å². The van der Waals surface area contributed by atoms with E-state index in [9.17, 15) is 4.79 Å². The minimum absolute atomic E-state index is 0.221. The summed E-state index contributed by atoms with van der Waals surface area (Å²) in [5.74, 6) is 1.36. The number of aromatic nitrogens is 3. The number of rotatable bonds is 9. The van der Waals surface area contributed by atoms with Gasteiger partial charge in [0.05, 0.1) is 12.4 Å². The summed E-state index contributed by atoms with van der Waals surface area (Å²) in [7, 11) is 0. The lowest BCUT2D eigenvalue weighted by Gasteiger charge is -2.21. The molecule has 10 heteroatoms. The van der Waals surface area contributed by atoms with Crippen molar-refractivity contribution in [3.8, 4) is 22.6 Å². The summed E-state index contributed by atoms with van der Waals surface area (Å²) in [6.07, 6.45) is 6.86. The quantitative estimate of drug-likeness (QED) is 0.112. The monoisotopic (exact) mass is 620 g/mol. The van der Waals surface area contributed by atoms with Gasteiger partial charge in [0.1, 0.15) is 23.1 Å². The number of carbonyl (C=O) groups excluding carboxylic acids is 1. The summed E-state index contributed by atoms with van der Waals surface area (Å²) in [5.41, 5.74) is 4.33. The molecule has 0 aliphatic carbocycles. The van der Waals surface area contributed by atoms with E-state index in [1.54, 1.807) is 49.1 Å². The third-order valence-corrected chi connectivity index (χ3v) is 7.56. The molecule has 6 rings (SSSR count). The van der Waals surface area contributed by atoms with Gasteiger partial charge in [-0.15, -0.1) is 0 Å². The van der Waals surface area contributed by atoms with Gasteiger partial charge in [0.15, 0.2) is 0 Å². The van der Waals surface area contributed by atoms with Crippen LogP contribution in [0.4, 0.5) is 5.69 Å². The van der Waals surface area contributed by atoms with E-state index in [1.807, 2.05) is 77.5 Å². The van der Waals surface area contributed by atoms with Crippen molar-refractivity contribution in [2.75, 3.05) is 5.32 Å². The molecule has 0 bridgehead atoms. The van der Waals surface area contributed by atoms with Gasteiger partial charge >= 0.3 is 0 Å². The summed E-state index contributed by atoms with van der Waals surface area (Å²) in [6, 6.07) is 29.0. The lowest BCUT2D eigenvalue weighted by atomic mass is 10.0. The smallest absolute Gasteiger partial charge is 0.251 e. The number of nitrogens with one attached hydrogen (secondary N) is 3. The van der Waals surface area contributed by atoms with Gasteiger partial charge in [0, 0.05) is 57.6 Å². The Labute approximate surface area is 263 Å². The van der Waals surface area contributed by atoms with Crippen LogP contribution in [0.3, 0.4) is 0 Å². The highest BCUT2D eigenvalue weighted by molar-refractivity contribution is 6.35. The molecule has 0 spiro atoms. The van der Waals surface area contributed by atoms with Gasteiger partial charge in [0.2, 0.25) is 0 Å². The summed E-state index contributed by atoms with van der Waals surface area (Å²) in [6.45, 7) is 0.449. The number of hydrogen-bond acceptors (Lipinski definition) is 5. The lowest BCUT2D eigenvalue weighted by Crippen LogP contribution is -2.31. The van der Waals surface area contributed by atoms with Gasteiger partial charge in [-0.05, 0) is 78.4 Å². The summed E-state index contributed by atoms with van der Waals surface area (Å²) < 4.78 is 8.02. The van der Waals surface area contributed by atoms with Crippen LogP contribution in [0, 0.1) is 5.41 Å². The number of carbonyl (C=O) groups is 1. The van der Waals surface area contributed by atoms with E-state index in [4.69, 9.17) is 33.0 Å². The number of amides is 1. The number of anilines is 1. The number of pyridine rings is 1. The molecular formula is C34H26Cl2N6O2. The van der Waals surface area contributed by atoms with Gasteiger partial charge in [-0.1, -0.05) is 47.5 Å². The Bertz CT molecular complexity index is 1890. The molecular weight excluding hydrogens is 595 g/mol. The van der Waals surface area contributed by atoms with Gasteiger partial charge in [-0.25, -0.2) is 4.98 Å². The van der Waals surface area contributed by atoms with E-state index in [2.05, 4.69) is 20.6 Å². The van der Waals surface area contributed by atoms with Gasteiger partial charge < -0.3 is 19.6 Å². The van der Waals surface area contributed by atoms with Gasteiger partial charge in [-0.3, -0.25) is 15.2 Å². The number of hydrogen-bond donors (Lipinski definition) is 3. The maximum Gasteiger partial charge on any atom is 0.251 e. The zero-order valence-corrected chi connectivity index (χ0v) is 24.8. The van der Waals surface area contributed by atoms with Crippen LogP contribution >= 0.6 is 23.2 Å². The molecule has 218 valence electrons. The first kappa shape index (κ1) is 28.9. The van der Waals surface area contributed by atoms with Crippen LogP contribution in [0.15, 0.2) is 126 Å². The van der Waals surface area contributed by atoms with Crippen molar-refractivity contribution >= 4 is 40.6 Å². The van der Waals surface area contributed by atoms with Crippen LogP contribution < -0.4 is 10.6 Å². The van der Waals surface area contributed by atoms with Crippen molar-refractivity contribution in [1.29, 1.82) is 5.41 Å². The third-order valence-electron chi connectivity index (χ3n) is 6.99. The predicted octanol–water partition coefficient (Wildman–Crippen LogP) is 8.12. The molecule has 0 aliphatic heterocycles. The number of imidazole rings is 1. The van der Waals surface area contributed by atoms with Crippen molar-refractivity contribution in [3.63, 3.8) is 0 Å². The molecule has 3 heterocycles. The molecule has 3 aromatic heterocycles. The summed E-state index contributed by atoms with van der Waals surface area (Å²) >= 11 is 12.6. The molecule has 3 N–H and O–H groups in total. The summed E-state index contributed by atoms with van der Waals surface area (Å²) in [4.78, 5) is 21.6. The third kappa shape index (κ3) is 6.72. The topological polar surface area (TPSA) is 109 Å². The van der Waals surface area contributed by atoms with Crippen LogP contribution in [0.25, 0.3) is 22.6 Å². The maximum atomic E-state index is 13.3. The Morgan fingerprint density at radius 2 is 1.61 bits per heavy atom. The number of furan rings is 1. The molecule has 6 aromatic rings. The number of benzene rings is 3. The van der Waals surface area contributed by atoms with E-state index in [0.29, 0.717) is 39.4 Å². The molecule has 0 unspecified atom stereocenters. The molecule has 1 atom stereocenters.